The van der Waals surface area contributed by atoms with Crippen molar-refractivity contribution < 1.29 is 9.53 Å². The number of hydrogen-bond acceptors (Lipinski definition) is 5. The lowest BCUT2D eigenvalue weighted by Crippen LogP contribution is -2.32. The Morgan fingerprint density at radius 3 is 3.00 bits per heavy atom. The molecule has 6 nitrogen and oxygen atoms in total. The van der Waals surface area contributed by atoms with Crippen LogP contribution in [0.1, 0.15) is 39.2 Å². The average molecular weight is 435 g/mol. The van der Waals surface area contributed by atoms with Crippen LogP contribution in [0.25, 0.3) is 11.3 Å². The number of hydrogen-bond donors (Lipinski definition) is 1. The van der Waals surface area contributed by atoms with Gasteiger partial charge < -0.3 is 14.6 Å². The standard InChI is InChI=1S/C24H26N4O2S/c1-15-5-3-7-20(16(15)2)28-21(14-31-24(28)26-18-6-4-10-25-12-18)17-8-9-22-19(11-17)27-23(29)13-30-22/h4,6,8-12,14-16,20H,3,5,7,13H2,1-2H3,(H,27,29). The monoisotopic (exact) mass is 434 g/mol. The number of aromatic nitrogens is 2. The molecule has 3 aromatic rings. The molecule has 5 rings (SSSR count). The number of ether oxygens (including phenoxy) is 1. The van der Waals surface area contributed by atoms with Gasteiger partial charge in [0.05, 0.1) is 23.3 Å². The second kappa shape index (κ2) is 8.30. The Morgan fingerprint density at radius 1 is 1.26 bits per heavy atom. The van der Waals surface area contributed by atoms with E-state index in [2.05, 4.69) is 40.2 Å². The van der Waals surface area contributed by atoms with Gasteiger partial charge in [0.2, 0.25) is 0 Å². The highest BCUT2D eigenvalue weighted by Gasteiger charge is 2.31. The number of carbonyl (C=O) groups excluding carboxylic acids is 1. The van der Waals surface area contributed by atoms with Gasteiger partial charge in [0.25, 0.3) is 5.91 Å². The van der Waals surface area contributed by atoms with Crippen molar-refractivity contribution in [2.24, 2.45) is 16.8 Å². The van der Waals surface area contributed by atoms with Gasteiger partial charge in [-0.3, -0.25) is 9.78 Å². The minimum absolute atomic E-state index is 0.0659. The number of anilines is 1. The first kappa shape index (κ1) is 20.0. The largest absolute Gasteiger partial charge is 0.482 e. The quantitative estimate of drug-likeness (QED) is 0.618. The van der Waals surface area contributed by atoms with Crippen LogP contribution in [0, 0.1) is 11.8 Å². The van der Waals surface area contributed by atoms with E-state index >= 15 is 0 Å². The lowest BCUT2D eigenvalue weighted by atomic mass is 9.78. The Bertz CT molecular complexity index is 1170. The summed E-state index contributed by atoms with van der Waals surface area (Å²) in [5, 5.41) is 5.11. The summed E-state index contributed by atoms with van der Waals surface area (Å²) in [6, 6.07) is 10.3. The number of thiazole rings is 1. The van der Waals surface area contributed by atoms with Gasteiger partial charge in [0.1, 0.15) is 5.75 Å². The fraction of sp³-hybridized carbons (Fsp3) is 0.375. The van der Waals surface area contributed by atoms with Crippen molar-refractivity contribution in [3.63, 3.8) is 0 Å². The van der Waals surface area contributed by atoms with E-state index in [4.69, 9.17) is 9.73 Å². The van der Waals surface area contributed by atoms with Gasteiger partial charge in [0.15, 0.2) is 11.4 Å². The van der Waals surface area contributed by atoms with E-state index < -0.39 is 0 Å². The van der Waals surface area contributed by atoms with Crippen LogP contribution in [0.4, 0.5) is 11.4 Å². The Hall–Kier alpha value is -2.93. The number of amides is 1. The summed E-state index contributed by atoms with van der Waals surface area (Å²) >= 11 is 1.65. The molecule has 0 spiro atoms. The SMILES string of the molecule is CC1CCCC(n2c(-c3ccc4c(c3)NC(=O)CO4)csc2=Nc2cccnc2)C1C. The van der Waals surface area contributed by atoms with Crippen molar-refractivity contribution >= 4 is 28.6 Å². The first-order chi connectivity index (χ1) is 15.1. The smallest absolute Gasteiger partial charge is 0.262 e. The van der Waals surface area contributed by atoms with Gasteiger partial charge >= 0.3 is 0 Å². The predicted octanol–water partition coefficient (Wildman–Crippen LogP) is 5.17. The molecule has 0 bridgehead atoms. The molecule has 3 unspecified atom stereocenters. The van der Waals surface area contributed by atoms with Crippen LogP contribution in [-0.2, 0) is 4.79 Å². The highest BCUT2D eigenvalue weighted by Crippen LogP contribution is 2.40. The fourth-order valence-corrected chi connectivity index (χ4v) is 5.60. The fourth-order valence-electron chi connectivity index (χ4n) is 4.62. The zero-order chi connectivity index (χ0) is 21.4. The zero-order valence-corrected chi connectivity index (χ0v) is 18.6. The maximum absolute atomic E-state index is 11.8. The van der Waals surface area contributed by atoms with Crippen LogP contribution in [0.2, 0.25) is 0 Å². The summed E-state index contributed by atoms with van der Waals surface area (Å²) in [6.45, 7) is 4.78. The molecule has 1 aliphatic heterocycles. The summed E-state index contributed by atoms with van der Waals surface area (Å²) in [7, 11) is 0. The van der Waals surface area contributed by atoms with Crippen LogP contribution in [0.15, 0.2) is 53.1 Å². The molecule has 3 atom stereocenters. The Labute approximate surface area is 185 Å². The maximum Gasteiger partial charge on any atom is 0.262 e. The van der Waals surface area contributed by atoms with E-state index in [1.54, 1.807) is 23.7 Å². The second-order valence-corrected chi connectivity index (χ2v) is 9.32. The van der Waals surface area contributed by atoms with Crippen LogP contribution in [0.3, 0.4) is 0 Å². The van der Waals surface area contributed by atoms with Crippen molar-refractivity contribution in [1.29, 1.82) is 0 Å². The molecule has 3 heterocycles. The third-order valence-electron chi connectivity index (χ3n) is 6.52. The number of fused-ring (bicyclic) bond motifs is 1. The molecule has 2 aromatic heterocycles. The Morgan fingerprint density at radius 2 is 2.16 bits per heavy atom. The Kier molecular flexibility index (Phi) is 5.36. The molecule has 2 aliphatic rings. The average Bonchev–Trinajstić information content (AvgIpc) is 3.19. The van der Waals surface area contributed by atoms with Gasteiger partial charge in [-0.1, -0.05) is 26.7 Å². The van der Waals surface area contributed by atoms with E-state index in [-0.39, 0.29) is 12.5 Å². The highest BCUT2D eigenvalue weighted by atomic mass is 32.1. The van der Waals surface area contributed by atoms with Gasteiger partial charge in [-0.25, -0.2) is 4.99 Å². The molecule has 31 heavy (non-hydrogen) atoms. The molecule has 0 radical (unpaired) electrons. The van der Waals surface area contributed by atoms with E-state index in [1.807, 2.05) is 24.3 Å². The molecule has 160 valence electrons. The Balaban J connectivity index is 1.65. The van der Waals surface area contributed by atoms with Gasteiger partial charge in [-0.15, -0.1) is 11.3 Å². The molecule has 1 amide bonds. The van der Waals surface area contributed by atoms with Crippen molar-refractivity contribution in [1.82, 2.24) is 9.55 Å². The number of carbonyl (C=O) groups is 1. The minimum atomic E-state index is -0.121. The highest BCUT2D eigenvalue weighted by molar-refractivity contribution is 7.07. The summed E-state index contributed by atoms with van der Waals surface area (Å²) in [5.74, 6) is 1.81. The van der Waals surface area contributed by atoms with Crippen LogP contribution < -0.4 is 14.9 Å². The molecular weight excluding hydrogens is 408 g/mol. The molecule has 1 aliphatic carbocycles. The van der Waals surface area contributed by atoms with Gasteiger partial charge in [-0.2, -0.15) is 0 Å². The van der Waals surface area contributed by atoms with Crippen LogP contribution in [0.5, 0.6) is 5.75 Å². The van der Waals surface area contributed by atoms with E-state index in [0.717, 1.165) is 33.9 Å². The molecule has 1 aromatic carbocycles. The molecule has 7 heteroatoms. The third-order valence-corrected chi connectivity index (χ3v) is 7.36. The topological polar surface area (TPSA) is 68.5 Å². The minimum Gasteiger partial charge on any atom is -0.482 e. The normalized spacial score (nSPS) is 23.7. The molecule has 1 N–H and O–H groups in total. The van der Waals surface area contributed by atoms with Crippen molar-refractivity contribution in [3.05, 3.63) is 52.9 Å². The number of benzene rings is 1. The second-order valence-electron chi connectivity index (χ2n) is 8.48. The van der Waals surface area contributed by atoms with Gasteiger partial charge in [-0.05, 0) is 48.6 Å². The lowest BCUT2D eigenvalue weighted by molar-refractivity contribution is -0.118. The lowest BCUT2D eigenvalue weighted by Gasteiger charge is -2.36. The van der Waals surface area contributed by atoms with Crippen molar-refractivity contribution in [2.75, 3.05) is 11.9 Å². The van der Waals surface area contributed by atoms with E-state index in [0.29, 0.717) is 23.6 Å². The summed E-state index contributed by atoms with van der Waals surface area (Å²) in [5.41, 5.74) is 3.76. The number of rotatable bonds is 3. The number of nitrogens with zero attached hydrogens (tertiary/aromatic N) is 3. The van der Waals surface area contributed by atoms with E-state index in [1.165, 1.54) is 12.8 Å². The van der Waals surface area contributed by atoms with Crippen LogP contribution in [-0.4, -0.2) is 22.1 Å². The summed E-state index contributed by atoms with van der Waals surface area (Å²) < 4.78 is 7.95. The third kappa shape index (κ3) is 3.90. The summed E-state index contributed by atoms with van der Waals surface area (Å²) in [6.07, 6.45) is 7.19. The number of nitrogens with one attached hydrogen (secondary N) is 1. The molecule has 1 saturated carbocycles. The number of pyridine rings is 1. The van der Waals surface area contributed by atoms with Crippen LogP contribution >= 0.6 is 11.3 Å². The van der Waals surface area contributed by atoms with Gasteiger partial charge in [0, 0.05) is 23.2 Å². The maximum atomic E-state index is 11.8. The molecule has 1 fully saturated rings. The molecular formula is C24H26N4O2S. The predicted molar refractivity (Wildman–Crippen MR) is 123 cm³/mol. The first-order valence-corrected chi connectivity index (χ1v) is 11.7. The van der Waals surface area contributed by atoms with Crippen molar-refractivity contribution in [2.45, 2.75) is 39.2 Å². The molecule has 0 saturated heterocycles. The van der Waals surface area contributed by atoms with Crippen molar-refractivity contribution in [3.8, 4) is 17.0 Å². The first-order valence-electron chi connectivity index (χ1n) is 10.8. The zero-order valence-electron chi connectivity index (χ0n) is 17.7. The van der Waals surface area contributed by atoms with E-state index in [9.17, 15) is 4.79 Å². The summed E-state index contributed by atoms with van der Waals surface area (Å²) in [4.78, 5) is 22.0.